The lowest BCUT2D eigenvalue weighted by Crippen LogP contribution is -2.19. The second-order valence-corrected chi connectivity index (χ2v) is 8.29. The van der Waals surface area contributed by atoms with E-state index in [1.807, 2.05) is 13.8 Å². The van der Waals surface area contributed by atoms with E-state index in [1.54, 1.807) is 0 Å². The van der Waals surface area contributed by atoms with Crippen molar-refractivity contribution in [2.75, 3.05) is 5.32 Å². The molecule has 0 bridgehead atoms. The minimum atomic E-state index is -0.0896. The number of para-hydroxylation sites is 1. The van der Waals surface area contributed by atoms with Crippen LogP contribution >= 0.6 is 15.9 Å². The molecule has 0 spiro atoms. The maximum absolute atomic E-state index is 13.2. The normalized spacial score (nSPS) is 11.1. The summed E-state index contributed by atoms with van der Waals surface area (Å²) in [4.78, 5) is 17.9. The van der Waals surface area contributed by atoms with Gasteiger partial charge < -0.3 is 5.32 Å². The molecule has 2 aromatic rings. The zero-order chi connectivity index (χ0) is 20.1. The summed E-state index contributed by atoms with van der Waals surface area (Å²) in [5.74, 6) is 0.520. The van der Waals surface area contributed by atoms with Crippen LogP contribution in [0.5, 0.6) is 0 Å². The Morgan fingerprint density at radius 1 is 1.11 bits per heavy atom. The van der Waals surface area contributed by atoms with Gasteiger partial charge in [0.1, 0.15) is 0 Å². The van der Waals surface area contributed by atoms with E-state index in [1.165, 1.54) is 0 Å². The monoisotopic (exact) mass is 430 g/mol. The minimum absolute atomic E-state index is 0.0896. The van der Waals surface area contributed by atoms with Gasteiger partial charge in [0.25, 0.3) is 5.91 Å². The second-order valence-electron chi connectivity index (χ2n) is 7.50. The molecule has 0 saturated heterocycles. The number of aryl methyl sites for hydroxylation is 4. The fourth-order valence-corrected chi connectivity index (χ4v) is 4.36. The number of nitrogens with one attached hydrogen (secondary N) is 1. The second kappa shape index (κ2) is 9.50. The molecule has 1 N–H and O–H groups in total. The number of pyridine rings is 1. The molecule has 0 radical (unpaired) electrons. The first-order chi connectivity index (χ1) is 12.8. The quantitative estimate of drug-likeness (QED) is 0.549. The predicted molar refractivity (Wildman–Crippen MR) is 118 cm³/mol. The molecule has 1 amide bonds. The first kappa shape index (κ1) is 21.6. The summed E-state index contributed by atoms with van der Waals surface area (Å²) < 4.78 is 0.887. The SMILES string of the molecule is CCc1cccc(CC)c1NC(=O)c1c(C)nc(C)c(CCC(C)C)c1Br. The van der Waals surface area contributed by atoms with E-state index in [-0.39, 0.29) is 5.91 Å². The minimum Gasteiger partial charge on any atom is -0.321 e. The molecule has 0 saturated carbocycles. The van der Waals surface area contributed by atoms with Crippen LogP contribution < -0.4 is 5.32 Å². The first-order valence-corrected chi connectivity index (χ1v) is 10.7. The highest BCUT2D eigenvalue weighted by Crippen LogP contribution is 2.30. The Morgan fingerprint density at radius 3 is 2.22 bits per heavy atom. The average molecular weight is 431 g/mol. The molecule has 27 heavy (non-hydrogen) atoms. The third kappa shape index (κ3) is 4.98. The van der Waals surface area contributed by atoms with E-state index in [0.29, 0.717) is 11.5 Å². The van der Waals surface area contributed by atoms with Crippen molar-refractivity contribution in [3.63, 3.8) is 0 Å². The molecular weight excluding hydrogens is 400 g/mol. The predicted octanol–water partition coefficient (Wildman–Crippen LogP) is 6.43. The van der Waals surface area contributed by atoms with Crippen LogP contribution in [0.15, 0.2) is 22.7 Å². The largest absolute Gasteiger partial charge is 0.321 e. The molecule has 0 fully saturated rings. The standard InChI is InChI=1S/C23H31BrN2O/c1-7-17-10-9-11-18(8-2)22(17)26-23(27)20-16(6)25-15(5)19(21(20)24)13-12-14(3)4/h9-11,14H,7-8,12-13H2,1-6H3,(H,26,27). The van der Waals surface area contributed by atoms with Gasteiger partial charge in [0.15, 0.2) is 0 Å². The Morgan fingerprint density at radius 2 is 1.70 bits per heavy atom. The van der Waals surface area contributed by atoms with Crippen molar-refractivity contribution in [2.24, 2.45) is 5.92 Å². The molecule has 146 valence electrons. The molecule has 3 nitrogen and oxygen atoms in total. The van der Waals surface area contributed by atoms with Crippen LogP contribution in [0, 0.1) is 19.8 Å². The third-order valence-corrected chi connectivity index (χ3v) is 5.93. The molecule has 1 aromatic heterocycles. The topological polar surface area (TPSA) is 42.0 Å². The van der Waals surface area contributed by atoms with Crippen LogP contribution in [-0.2, 0) is 19.3 Å². The van der Waals surface area contributed by atoms with Crippen molar-refractivity contribution in [2.45, 2.75) is 67.2 Å². The average Bonchev–Trinajstić information content (AvgIpc) is 2.61. The molecular formula is C23H31BrN2O. The van der Waals surface area contributed by atoms with Gasteiger partial charge in [-0.05, 0) is 78.1 Å². The number of halogens is 1. The molecule has 0 atom stereocenters. The van der Waals surface area contributed by atoms with Crippen LogP contribution in [0.4, 0.5) is 5.69 Å². The summed E-state index contributed by atoms with van der Waals surface area (Å²) in [5.41, 5.74) is 6.82. The number of benzene rings is 1. The van der Waals surface area contributed by atoms with Gasteiger partial charge in [0.05, 0.1) is 11.3 Å². The Balaban J connectivity index is 2.44. The highest BCUT2D eigenvalue weighted by atomic mass is 79.9. The fraction of sp³-hybridized carbons (Fsp3) is 0.478. The van der Waals surface area contributed by atoms with Gasteiger partial charge in [-0.25, -0.2) is 0 Å². The number of carbonyl (C=O) groups excluding carboxylic acids is 1. The van der Waals surface area contributed by atoms with Crippen molar-refractivity contribution in [1.29, 1.82) is 0 Å². The van der Waals surface area contributed by atoms with E-state index in [9.17, 15) is 4.79 Å². The van der Waals surface area contributed by atoms with Crippen molar-refractivity contribution >= 4 is 27.5 Å². The van der Waals surface area contributed by atoms with Crippen LogP contribution in [0.3, 0.4) is 0 Å². The Labute approximate surface area is 172 Å². The zero-order valence-electron chi connectivity index (χ0n) is 17.4. The number of nitrogens with zero attached hydrogens (tertiary/aromatic N) is 1. The van der Waals surface area contributed by atoms with Gasteiger partial charge in [0.2, 0.25) is 0 Å². The van der Waals surface area contributed by atoms with Crippen LogP contribution in [-0.4, -0.2) is 10.9 Å². The van der Waals surface area contributed by atoms with Gasteiger partial charge in [0, 0.05) is 15.9 Å². The summed E-state index contributed by atoms with van der Waals surface area (Å²) in [6.07, 6.45) is 3.76. The van der Waals surface area contributed by atoms with Crippen LogP contribution in [0.2, 0.25) is 0 Å². The van der Waals surface area contributed by atoms with Gasteiger partial charge in [-0.2, -0.15) is 0 Å². The van der Waals surface area contributed by atoms with Crippen molar-refractivity contribution < 1.29 is 4.79 Å². The van der Waals surface area contributed by atoms with Gasteiger partial charge in [-0.15, -0.1) is 0 Å². The summed E-state index contributed by atoms with van der Waals surface area (Å²) in [6.45, 7) is 12.6. The molecule has 2 rings (SSSR count). The van der Waals surface area contributed by atoms with E-state index in [0.717, 1.165) is 63.9 Å². The number of carbonyl (C=O) groups is 1. The highest BCUT2D eigenvalue weighted by molar-refractivity contribution is 9.10. The van der Waals surface area contributed by atoms with Crippen molar-refractivity contribution in [3.05, 3.63) is 56.3 Å². The van der Waals surface area contributed by atoms with Crippen molar-refractivity contribution in [3.8, 4) is 0 Å². The maximum Gasteiger partial charge on any atom is 0.258 e. The number of rotatable bonds is 7. The highest BCUT2D eigenvalue weighted by Gasteiger charge is 2.21. The summed E-state index contributed by atoms with van der Waals surface area (Å²) in [5, 5.41) is 3.18. The molecule has 0 unspecified atom stereocenters. The van der Waals surface area contributed by atoms with Crippen molar-refractivity contribution in [1.82, 2.24) is 4.98 Å². The Hall–Kier alpha value is -1.68. The smallest absolute Gasteiger partial charge is 0.258 e. The van der Waals surface area contributed by atoms with Gasteiger partial charge in [-0.1, -0.05) is 45.9 Å². The van der Waals surface area contributed by atoms with E-state index in [2.05, 4.69) is 72.1 Å². The zero-order valence-corrected chi connectivity index (χ0v) is 19.0. The number of amides is 1. The summed E-state index contributed by atoms with van der Waals surface area (Å²) in [6, 6.07) is 6.22. The summed E-state index contributed by atoms with van der Waals surface area (Å²) in [7, 11) is 0. The first-order valence-electron chi connectivity index (χ1n) is 9.87. The lowest BCUT2D eigenvalue weighted by atomic mass is 9.98. The lowest BCUT2D eigenvalue weighted by Gasteiger charge is -2.18. The number of hydrogen-bond acceptors (Lipinski definition) is 2. The molecule has 0 aliphatic heterocycles. The third-order valence-electron chi connectivity index (χ3n) is 5.05. The van der Waals surface area contributed by atoms with Gasteiger partial charge >= 0.3 is 0 Å². The van der Waals surface area contributed by atoms with Gasteiger partial charge in [-0.3, -0.25) is 9.78 Å². The molecule has 0 aliphatic carbocycles. The van der Waals surface area contributed by atoms with E-state index < -0.39 is 0 Å². The Kier molecular flexibility index (Phi) is 7.60. The summed E-state index contributed by atoms with van der Waals surface area (Å²) >= 11 is 3.72. The molecule has 1 aromatic carbocycles. The van der Waals surface area contributed by atoms with Crippen LogP contribution in [0.1, 0.15) is 72.6 Å². The molecule has 4 heteroatoms. The lowest BCUT2D eigenvalue weighted by molar-refractivity contribution is 0.102. The maximum atomic E-state index is 13.2. The molecule has 0 aliphatic rings. The van der Waals surface area contributed by atoms with Crippen LogP contribution in [0.25, 0.3) is 0 Å². The fourth-order valence-electron chi connectivity index (χ4n) is 3.41. The Bertz CT molecular complexity index is 805. The molecule has 1 heterocycles. The number of hydrogen-bond donors (Lipinski definition) is 1. The van der Waals surface area contributed by atoms with E-state index in [4.69, 9.17) is 0 Å². The number of anilines is 1. The number of aromatic nitrogens is 1. The van der Waals surface area contributed by atoms with E-state index >= 15 is 0 Å².